The third-order valence-corrected chi connectivity index (χ3v) is 6.01. The van der Waals surface area contributed by atoms with Gasteiger partial charge in [-0.2, -0.15) is 0 Å². The molecule has 0 radical (unpaired) electrons. The highest BCUT2D eigenvalue weighted by atomic mass is 16.5. The molecule has 1 saturated heterocycles. The quantitative estimate of drug-likeness (QED) is 0.377. The number of hydrogen-bond acceptors (Lipinski definition) is 4. The summed E-state index contributed by atoms with van der Waals surface area (Å²) >= 11 is 0. The molecule has 1 aliphatic carbocycles. The van der Waals surface area contributed by atoms with Gasteiger partial charge in [0.25, 0.3) is 0 Å². The number of rotatable bonds is 9. The van der Waals surface area contributed by atoms with Gasteiger partial charge in [0.05, 0.1) is 13.2 Å². The fourth-order valence-corrected chi connectivity index (χ4v) is 4.26. The van der Waals surface area contributed by atoms with Gasteiger partial charge in [-0.25, -0.2) is 0 Å². The van der Waals surface area contributed by atoms with Gasteiger partial charge in [-0.3, -0.25) is 4.99 Å². The number of nitrogens with zero attached hydrogens (tertiary/aromatic N) is 2. The van der Waals surface area contributed by atoms with Crippen LogP contribution in [0.2, 0.25) is 0 Å². The summed E-state index contributed by atoms with van der Waals surface area (Å²) in [5, 5.41) is 6.91. The van der Waals surface area contributed by atoms with Crippen LogP contribution in [0, 0.1) is 5.92 Å². The van der Waals surface area contributed by atoms with E-state index in [1.165, 1.54) is 44.2 Å². The molecule has 6 nitrogen and oxygen atoms in total. The molecule has 162 valence electrons. The average Bonchev–Trinajstić information content (AvgIpc) is 3.25. The highest BCUT2D eigenvalue weighted by Gasteiger charge is 2.23. The number of benzene rings is 1. The summed E-state index contributed by atoms with van der Waals surface area (Å²) in [6, 6.07) is 8.33. The summed E-state index contributed by atoms with van der Waals surface area (Å²) in [5.74, 6) is 2.43. The second-order valence-corrected chi connectivity index (χ2v) is 8.17. The molecule has 0 bridgehead atoms. The van der Waals surface area contributed by atoms with E-state index in [-0.39, 0.29) is 0 Å². The first-order chi connectivity index (χ1) is 14.3. The van der Waals surface area contributed by atoms with Gasteiger partial charge in [0.2, 0.25) is 0 Å². The van der Waals surface area contributed by atoms with Crippen molar-refractivity contribution in [2.24, 2.45) is 10.9 Å². The standard InChI is InChI=1S/C23H38N4O2/c1-24-23(25-13-7-15-29-21-9-4-3-5-10-21)26-17-19-12-14-27(18-19)20-8-6-11-22(16-20)28-2/h6,8,11,16,19,21H,3-5,7,9-10,12-15,17-18H2,1-2H3,(H2,24,25,26). The summed E-state index contributed by atoms with van der Waals surface area (Å²) in [7, 11) is 3.56. The Balaban J connectivity index is 1.30. The lowest BCUT2D eigenvalue weighted by molar-refractivity contribution is 0.0277. The third kappa shape index (κ3) is 7.11. The Kier molecular flexibility index (Phi) is 8.93. The molecule has 1 aromatic rings. The molecule has 3 rings (SSSR count). The number of methoxy groups -OCH3 is 1. The van der Waals surface area contributed by atoms with Gasteiger partial charge in [-0.1, -0.05) is 25.3 Å². The van der Waals surface area contributed by atoms with Gasteiger partial charge in [-0.05, 0) is 43.7 Å². The van der Waals surface area contributed by atoms with E-state index in [2.05, 4.69) is 38.7 Å². The first-order valence-electron chi connectivity index (χ1n) is 11.2. The average molecular weight is 403 g/mol. The molecule has 2 fully saturated rings. The smallest absolute Gasteiger partial charge is 0.190 e. The van der Waals surface area contributed by atoms with Crippen LogP contribution in [0.5, 0.6) is 5.75 Å². The van der Waals surface area contributed by atoms with Crippen molar-refractivity contribution in [3.05, 3.63) is 24.3 Å². The van der Waals surface area contributed by atoms with Crippen LogP contribution in [0.25, 0.3) is 0 Å². The number of hydrogen-bond donors (Lipinski definition) is 2. The van der Waals surface area contributed by atoms with Gasteiger partial charge in [0.1, 0.15) is 5.75 Å². The fourth-order valence-electron chi connectivity index (χ4n) is 4.26. The monoisotopic (exact) mass is 402 g/mol. The summed E-state index contributed by atoms with van der Waals surface area (Å²) < 4.78 is 11.3. The SMILES string of the molecule is CN=C(NCCCOC1CCCCC1)NCC1CCN(c2cccc(OC)c2)C1. The van der Waals surface area contributed by atoms with E-state index in [0.717, 1.165) is 50.9 Å². The van der Waals surface area contributed by atoms with Crippen LogP contribution in [0.3, 0.4) is 0 Å². The minimum atomic E-state index is 0.496. The molecular formula is C23H38N4O2. The highest BCUT2D eigenvalue weighted by molar-refractivity contribution is 5.79. The molecule has 1 saturated carbocycles. The van der Waals surface area contributed by atoms with Crippen molar-refractivity contribution in [2.45, 2.75) is 51.0 Å². The van der Waals surface area contributed by atoms with Crippen LogP contribution in [-0.4, -0.2) is 59.0 Å². The zero-order chi connectivity index (χ0) is 20.3. The van der Waals surface area contributed by atoms with E-state index >= 15 is 0 Å². The Morgan fingerprint density at radius 1 is 1.17 bits per heavy atom. The Hall–Kier alpha value is -1.95. The van der Waals surface area contributed by atoms with E-state index in [9.17, 15) is 0 Å². The number of nitrogens with one attached hydrogen (secondary N) is 2. The summed E-state index contributed by atoms with van der Waals surface area (Å²) in [5.41, 5.74) is 1.24. The lowest BCUT2D eigenvalue weighted by atomic mass is 9.98. The number of aliphatic imine (C=N–C) groups is 1. The Morgan fingerprint density at radius 2 is 2.03 bits per heavy atom. The molecule has 0 spiro atoms. The Morgan fingerprint density at radius 3 is 2.83 bits per heavy atom. The predicted octanol–water partition coefficient (Wildman–Crippen LogP) is 3.43. The highest BCUT2D eigenvalue weighted by Crippen LogP contribution is 2.26. The van der Waals surface area contributed by atoms with Crippen molar-refractivity contribution in [3.8, 4) is 5.75 Å². The normalized spacial score (nSPS) is 20.7. The van der Waals surface area contributed by atoms with Gasteiger partial charge in [-0.15, -0.1) is 0 Å². The molecule has 2 N–H and O–H groups in total. The van der Waals surface area contributed by atoms with Crippen LogP contribution >= 0.6 is 0 Å². The molecule has 1 atom stereocenters. The molecule has 1 aliphatic heterocycles. The van der Waals surface area contributed by atoms with Crippen molar-refractivity contribution in [1.82, 2.24) is 10.6 Å². The minimum Gasteiger partial charge on any atom is -0.497 e. The van der Waals surface area contributed by atoms with Crippen molar-refractivity contribution in [3.63, 3.8) is 0 Å². The topological polar surface area (TPSA) is 58.1 Å². The fraction of sp³-hybridized carbons (Fsp3) is 0.696. The zero-order valence-electron chi connectivity index (χ0n) is 18.2. The molecular weight excluding hydrogens is 364 g/mol. The molecule has 29 heavy (non-hydrogen) atoms. The first kappa shape index (κ1) is 21.8. The molecule has 0 amide bonds. The van der Waals surface area contributed by atoms with Gasteiger partial charge >= 0.3 is 0 Å². The van der Waals surface area contributed by atoms with E-state index in [1.807, 2.05) is 13.1 Å². The van der Waals surface area contributed by atoms with Crippen LogP contribution in [0.15, 0.2) is 29.3 Å². The molecule has 1 heterocycles. The molecule has 1 aromatic carbocycles. The summed E-state index contributed by atoms with van der Waals surface area (Å²) in [6.45, 7) is 4.83. The molecule has 2 aliphatic rings. The minimum absolute atomic E-state index is 0.496. The number of anilines is 1. The number of guanidine groups is 1. The Labute approximate surface area is 176 Å². The van der Waals surface area contributed by atoms with Crippen LogP contribution in [0.1, 0.15) is 44.9 Å². The molecule has 1 unspecified atom stereocenters. The largest absolute Gasteiger partial charge is 0.497 e. The van der Waals surface area contributed by atoms with Gasteiger partial charge < -0.3 is 25.0 Å². The van der Waals surface area contributed by atoms with E-state index in [0.29, 0.717) is 12.0 Å². The zero-order valence-corrected chi connectivity index (χ0v) is 18.2. The van der Waals surface area contributed by atoms with E-state index < -0.39 is 0 Å². The van der Waals surface area contributed by atoms with Crippen molar-refractivity contribution < 1.29 is 9.47 Å². The third-order valence-electron chi connectivity index (χ3n) is 6.01. The van der Waals surface area contributed by atoms with E-state index in [4.69, 9.17) is 9.47 Å². The predicted molar refractivity (Wildman–Crippen MR) is 120 cm³/mol. The maximum Gasteiger partial charge on any atom is 0.190 e. The first-order valence-corrected chi connectivity index (χ1v) is 11.2. The second-order valence-electron chi connectivity index (χ2n) is 8.17. The van der Waals surface area contributed by atoms with Crippen LogP contribution in [0.4, 0.5) is 5.69 Å². The lowest BCUT2D eigenvalue weighted by Crippen LogP contribution is -2.40. The maximum atomic E-state index is 6.00. The number of ether oxygens (including phenoxy) is 2. The van der Waals surface area contributed by atoms with Crippen LogP contribution in [-0.2, 0) is 4.74 Å². The van der Waals surface area contributed by atoms with Gasteiger partial charge in [0, 0.05) is 51.6 Å². The van der Waals surface area contributed by atoms with Crippen molar-refractivity contribution in [1.29, 1.82) is 0 Å². The lowest BCUT2D eigenvalue weighted by Gasteiger charge is -2.22. The van der Waals surface area contributed by atoms with Crippen molar-refractivity contribution in [2.75, 3.05) is 51.8 Å². The van der Waals surface area contributed by atoms with E-state index in [1.54, 1.807) is 7.11 Å². The van der Waals surface area contributed by atoms with Crippen LogP contribution < -0.4 is 20.3 Å². The Bertz CT molecular complexity index is 631. The molecule has 6 heteroatoms. The van der Waals surface area contributed by atoms with Crippen molar-refractivity contribution >= 4 is 11.6 Å². The second kappa shape index (κ2) is 11.9. The molecule has 0 aromatic heterocycles. The summed E-state index contributed by atoms with van der Waals surface area (Å²) in [4.78, 5) is 6.80. The van der Waals surface area contributed by atoms with Gasteiger partial charge in [0.15, 0.2) is 5.96 Å². The summed E-state index contributed by atoms with van der Waals surface area (Å²) in [6.07, 6.45) is 9.22. The maximum absolute atomic E-state index is 6.00.